The third kappa shape index (κ3) is 2.65. The van der Waals surface area contributed by atoms with Gasteiger partial charge >= 0.3 is 0 Å². The molecule has 2 heterocycles. The zero-order valence-electron chi connectivity index (χ0n) is 11.7. The highest BCUT2D eigenvalue weighted by molar-refractivity contribution is 6.31. The van der Waals surface area contributed by atoms with E-state index in [0.717, 1.165) is 29.9 Å². The second-order valence-corrected chi connectivity index (χ2v) is 4.92. The number of nitrogens with two attached hydrogens (primary N) is 2. The average Bonchev–Trinajstić information content (AvgIpc) is 3.00. The molecule has 7 nitrogen and oxygen atoms in total. The molecule has 0 aromatic carbocycles. The van der Waals surface area contributed by atoms with Gasteiger partial charge in [0.1, 0.15) is 5.82 Å². The molecule has 0 aliphatic heterocycles. The molecule has 8 heteroatoms. The van der Waals surface area contributed by atoms with Crippen LogP contribution in [0.1, 0.15) is 36.8 Å². The SMILES string of the molecule is CCc1nn(CC)c(CC(NN)c2cn[nH]c2N)c1Cl. The summed E-state index contributed by atoms with van der Waals surface area (Å²) in [5.41, 5.74) is 11.3. The molecule has 2 rings (SSSR count). The van der Waals surface area contributed by atoms with Crippen LogP contribution >= 0.6 is 11.6 Å². The van der Waals surface area contributed by atoms with Crippen LogP contribution in [-0.4, -0.2) is 20.0 Å². The summed E-state index contributed by atoms with van der Waals surface area (Å²) in [5, 5.41) is 11.8. The zero-order valence-corrected chi connectivity index (χ0v) is 12.4. The lowest BCUT2D eigenvalue weighted by molar-refractivity contribution is 0.518. The Morgan fingerprint density at radius 1 is 1.50 bits per heavy atom. The van der Waals surface area contributed by atoms with Crippen molar-refractivity contribution in [3.8, 4) is 0 Å². The van der Waals surface area contributed by atoms with Crippen molar-refractivity contribution in [1.29, 1.82) is 0 Å². The normalized spacial score (nSPS) is 12.8. The Kier molecular flexibility index (Phi) is 4.64. The number of halogens is 1. The summed E-state index contributed by atoms with van der Waals surface area (Å²) in [7, 11) is 0. The highest BCUT2D eigenvalue weighted by atomic mass is 35.5. The Morgan fingerprint density at radius 2 is 2.25 bits per heavy atom. The van der Waals surface area contributed by atoms with Gasteiger partial charge in [0, 0.05) is 18.5 Å². The second kappa shape index (κ2) is 6.25. The van der Waals surface area contributed by atoms with Crippen LogP contribution in [0.2, 0.25) is 5.02 Å². The van der Waals surface area contributed by atoms with E-state index in [4.69, 9.17) is 23.2 Å². The van der Waals surface area contributed by atoms with E-state index in [1.54, 1.807) is 6.20 Å². The van der Waals surface area contributed by atoms with Crippen LogP contribution in [0.4, 0.5) is 5.82 Å². The van der Waals surface area contributed by atoms with Crippen molar-refractivity contribution in [3.63, 3.8) is 0 Å². The summed E-state index contributed by atoms with van der Waals surface area (Å²) < 4.78 is 1.90. The number of H-pyrrole nitrogens is 1. The van der Waals surface area contributed by atoms with E-state index < -0.39 is 0 Å². The number of hydrazine groups is 1. The molecule has 0 aliphatic rings. The first-order chi connectivity index (χ1) is 9.62. The lowest BCUT2D eigenvalue weighted by Crippen LogP contribution is -2.30. The molecule has 1 atom stereocenters. The van der Waals surface area contributed by atoms with Gasteiger partial charge in [0.15, 0.2) is 0 Å². The molecule has 20 heavy (non-hydrogen) atoms. The lowest BCUT2D eigenvalue weighted by atomic mass is 10.0. The Labute approximate surface area is 122 Å². The fourth-order valence-electron chi connectivity index (χ4n) is 2.25. The summed E-state index contributed by atoms with van der Waals surface area (Å²) >= 11 is 6.40. The summed E-state index contributed by atoms with van der Waals surface area (Å²) in [5.74, 6) is 6.14. The van der Waals surface area contributed by atoms with Crippen LogP contribution in [-0.2, 0) is 19.4 Å². The molecule has 1 unspecified atom stereocenters. The first kappa shape index (κ1) is 14.8. The number of aryl methyl sites for hydroxylation is 2. The first-order valence-electron chi connectivity index (χ1n) is 6.61. The van der Waals surface area contributed by atoms with Gasteiger partial charge in [-0.25, -0.2) is 0 Å². The Balaban J connectivity index is 2.32. The van der Waals surface area contributed by atoms with Crippen molar-refractivity contribution < 1.29 is 0 Å². The monoisotopic (exact) mass is 297 g/mol. The van der Waals surface area contributed by atoms with Crippen LogP contribution in [0.3, 0.4) is 0 Å². The molecule has 0 bridgehead atoms. The van der Waals surface area contributed by atoms with Gasteiger partial charge in [-0.15, -0.1) is 0 Å². The molecule has 0 aliphatic carbocycles. The Bertz CT molecular complexity index is 574. The van der Waals surface area contributed by atoms with E-state index in [2.05, 4.69) is 20.7 Å². The fourth-order valence-corrected chi connectivity index (χ4v) is 2.59. The summed E-state index contributed by atoms with van der Waals surface area (Å²) in [6, 6.07) is -0.169. The number of nitrogens with one attached hydrogen (secondary N) is 2. The van der Waals surface area contributed by atoms with Crippen molar-refractivity contribution in [2.45, 2.75) is 39.3 Å². The number of aromatic amines is 1. The topological polar surface area (TPSA) is 111 Å². The predicted molar refractivity (Wildman–Crippen MR) is 79.1 cm³/mol. The van der Waals surface area contributed by atoms with Gasteiger partial charge < -0.3 is 5.73 Å². The average molecular weight is 298 g/mol. The van der Waals surface area contributed by atoms with Crippen molar-refractivity contribution in [2.75, 3.05) is 5.73 Å². The fraction of sp³-hybridized carbons (Fsp3) is 0.500. The van der Waals surface area contributed by atoms with Crippen LogP contribution in [0.5, 0.6) is 0 Å². The van der Waals surface area contributed by atoms with Crippen LogP contribution < -0.4 is 17.0 Å². The predicted octanol–water partition coefficient (Wildman–Crippen LogP) is 1.17. The molecule has 6 N–H and O–H groups in total. The second-order valence-electron chi connectivity index (χ2n) is 4.54. The van der Waals surface area contributed by atoms with Crippen molar-refractivity contribution in [3.05, 3.63) is 28.2 Å². The number of nitrogens with zero attached hydrogens (tertiary/aromatic N) is 3. The van der Waals surface area contributed by atoms with Gasteiger partial charge in [-0.05, 0) is 13.3 Å². The van der Waals surface area contributed by atoms with E-state index in [9.17, 15) is 0 Å². The number of nitrogen functional groups attached to an aromatic ring is 1. The Hall–Kier alpha value is -1.57. The maximum Gasteiger partial charge on any atom is 0.123 e. The maximum absolute atomic E-state index is 6.40. The van der Waals surface area contributed by atoms with Gasteiger partial charge in [0.2, 0.25) is 0 Å². The van der Waals surface area contributed by atoms with Gasteiger partial charge in [0.05, 0.1) is 28.6 Å². The molecule has 2 aromatic rings. The number of hydrogen-bond donors (Lipinski definition) is 4. The minimum atomic E-state index is -0.169. The minimum absolute atomic E-state index is 0.169. The molecule has 110 valence electrons. The van der Waals surface area contributed by atoms with E-state index in [1.807, 2.05) is 18.5 Å². The third-order valence-corrected chi connectivity index (χ3v) is 3.80. The van der Waals surface area contributed by atoms with Crippen molar-refractivity contribution in [1.82, 2.24) is 25.4 Å². The van der Waals surface area contributed by atoms with Gasteiger partial charge in [0.25, 0.3) is 0 Å². The standard InChI is InChI=1S/C12H20ClN7/c1-3-8-11(13)10(20(4-2)19-8)5-9(17-15)7-6-16-18-12(7)14/h6,9,17H,3-5,15H2,1-2H3,(H3,14,16,18). The largest absolute Gasteiger partial charge is 0.384 e. The first-order valence-corrected chi connectivity index (χ1v) is 6.99. The van der Waals surface area contributed by atoms with E-state index >= 15 is 0 Å². The van der Waals surface area contributed by atoms with Crippen molar-refractivity contribution >= 4 is 17.4 Å². The minimum Gasteiger partial charge on any atom is -0.384 e. The van der Waals surface area contributed by atoms with Crippen LogP contribution in [0.25, 0.3) is 0 Å². The van der Waals surface area contributed by atoms with Gasteiger partial charge in [-0.1, -0.05) is 18.5 Å². The van der Waals surface area contributed by atoms with Crippen LogP contribution in [0, 0.1) is 0 Å². The van der Waals surface area contributed by atoms with Crippen LogP contribution in [0.15, 0.2) is 6.20 Å². The highest BCUT2D eigenvalue weighted by Crippen LogP contribution is 2.28. The van der Waals surface area contributed by atoms with Crippen molar-refractivity contribution in [2.24, 2.45) is 5.84 Å². The number of anilines is 1. The van der Waals surface area contributed by atoms with Gasteiger partial charge in [-0.3, -0.25) is 21.0 Å². The molecule has 0 amide bonds. The summed E-state index contributed by atoms with van der Waals surface area (Å²) in [6.45, 7) is 4.82. The van der Waals surface area contributed by atoms with E-state index in [1.165, 1.54) is 0 Å². The smallest absolute Gasteiger partial charge is 0.123 e. The number of hydrogen-bond acceptors (Lipinski definition) is 5. The Morgan fingerprint density at radius 3 is 2.75 bits per heavy atom. The van der Waals surface area contributed by atoms with Gasteiger partial charge in [-0.2, -0.15) is 10.2 Å². The van der Waals surface area contributed by atoms with E-state index in [0.29, 0.717) is 17.3 Å². The maximum atomic E-state index is 6.40. The molecule has 0 radical (unpaired) electrons. The molecule has 0 spiro atoms. The molecule has 0 fully saturated rings. The molecular formula is C12H20ClN7. The third-order valence-electron chi connectivity index (χ3n) is 3.37. The molecule has 2 aromatic heterocycles. The zero-order chi connectivity index (χ0) is 14.7. The van der Waals surface area contributed by atoms with E-state index in [-0.39, 0.29) is 6.04 Å². The number of aromatic nitrogens is 4. The number of rotatable bonds is 6. The molecule has 0 saturated carbocycles. The quantitative estimate of drug-likeness (QED) is 0.472. The molecule has 0 saturated heterocycles. The molecular weight excluding hydrogens is 278 g/mol. The lowest BCUT2D eigenvalue weighted by Gasteiger charge is -2.16. The summed E-state index contributed by atoms with van der Waals surface area (Å²) in [4.78, 5) is 0. The summed E-state index contributed by atoms with van der Waals surface area (Å²) in [6.07, 6.45) is 3.06. The highest BCUT2D eigenvalue weighted by Gasteiger charge is 2.21.